The highest BCUT2D eigenvalue weighted by Crippen LogP contribution is 2.47. The van der Waals surface area contributed by atoms with Gasteiger partial charge in [-0.2, -0.15) is 5.10 Å². The highest BCUT2D eigenvalue weighted by atomic mass is 35.5. The number of nitrogens with zero attached hydrogens (tertiary/aromatic N) is 1. The monoisotopic (exact) mass is 346 g/mol. The Morgan fingerprint density at radius 1 is 1.46 bits per heavy atom. The summed E-state index contributed by atoms with van der Waals surface area (Å²) in [5, 5.41) is 4.54. The minimum absolute atomic E-state index is 0.124. The molecule has 1 aliphatic carbocycles. The maximum Gasteiger partial charge on any atom is 0.277 e. The highest BCUT2D eigenvalue weighted by molar-refractivity contribution is 6.31. The standard InChI is InChI=1S/C18H19ClN2O3/c1-11-8-15(11)17-6-4-14(24-17)9-20-21-18(22)10-23-13-3-5-16(19)12(2)7-13/h3-7,9,11,15H,8,10H2,1-2H3,(H,21,22)/b20-9-/t11-,15-/m1/s1. The van der Waals surface area contributed by atoms with Gasteiger partial charge in [0.2, 0.25) is 0 Å². The van der Waals surface area contributed by atoms with E-state index in [0.29, 0.717) is 28.4 Å². The van der Waals surface area contributed by atoms with Crippen molar-refractivity contribution in [2.24, 2.45) is 11.0 Å². The van der Waals surface area contributed by atoms with Crippen LogP contribution in [0.1, 0.15) is 36.3 Å². The Bertz CT molecular complexity index is 769. The first-order valence-electron chi connectivity index (χ1n) is 7.83. The zero-order valence-corrected chi connectivity index (χ0v) is 14.3. The number of aryl methyl sites for hydroxylation is 1. The molecule has 1 aromatic carbocycles. The van der Waals surface area contributed by atoms with Gasteiger partial charge >= 0.3 is 0 Å². The van der Waals surface area contributed by atoms with E-state index < -0.39 is 0 Å². The Morgan fingerprint density at radius 3 is 2.96 bits per heavy atom. The number of nitrogens with one attached hydrogen (secondary N) is 1. The Kier molecular flexibility index (Phi) is 4.90. The summed E-state index contributed by atoms with van der Waals surface area (Å²) in [6.45, 7) is 3.95. The summed E-state index contributed by atoms with van der Waals surface area (Å²) in [5.41, 5.74) is 3.30. The number of hydrazone groups is 1. The number of carbonyl (C=O) groups is 1. The molecule has 2 atom stereocenters. The first-order chi connectivity index (χ1) is 11.5. The summed E-state index contributed by atoms with van der Waals surface area (Å²) in [4.78, 5) is 11.7. The number of carbonyl (C=O) groups excluding carboxylic acids is 1. The number of rotatable bonds is 6. The fraction of sp³-hybridized carbons (Fsp3) is 0.333. The second-order valence-corrected chi connectivity index (χ2v) is 6.46. The van der Waals surface area contributed by atoms with Gasteiger partial charge in [0.15, 0.2) is 6.61 Å². The molecule has 1 aliphatic rings. The van der Waals surface area contributed by atoms with Gasteiger partial charge in [-0.3, -0.25) is 4.79 Å². The van der Waals surface area contributed by atoms with E-state index in [4.69, 9.17) is 20.8 Å². The normalized spacial score (nSPS) is 19.5. The molecule has 0 unspecified atom stereocenters. The molecule has 0 bridgehead atoms. The second-order valence-electron chi connectivity index (χ2n) is 6.05. The molecule has 2 aromatic rings. The molecule has 126 valence electrons. The summed E-state index contributed by atoms with van der Waals surface area (Å²) in [7, 11) is 0. The molecule has 24 heavy (non-hydrogen) atoms. The fourth-order valence-corrected chi connectivity index (χ4v) is 2.53. The highest BCUT2D eigenvalue weighted by Gasteiger charge is 2.36. The van der Waals surface area contributed by atoms with Crippen molar-refractivity contribution < 1.29 is 13.9 Å². The number of hydrogen-bond acceptors (Lipinski definition) is 4. The SMILES string of the molecule is Cc1cc(OCC(=O)N/N=C\c2ccc([C@@H]3C[C@H]3C)o2)ccc1Cl. The lowest BCUT2D eigenvalue weighted by molar-refractivity contribution is -0.123. The van der Waals surface area contributed by atoms with Crippen LogP contribution in [0.5, 0.6) is 5.75 Å². The van der Waals surface area contributed by atoms with Crippen LogP contribution in [-0.2, 0) is 4.79 Å². The molecule has 5 nitrogen and oxygen atoms in total. The molecule has 1 aromatic heterocycles. The number of ether oxygens (including phenoxy) is 1. The van der Waals surface area contributed by atoms with Gasteiger partial charge < -0.3 is 9.15 Å². The third-order valence-corrected chi connectivity index (χ3v) is 4.43. The van der Waals surface area contributed by atoms with Gasteiger partial charge in [0.05, 0.1) is 6.21 Å². The van der Waals surface area contributed by atoms with E-state index in [1.165, 1.54) is 12.6 Å². The fourth-order valence-electron chi connectivity index (χ4n) is 2.41. The summed E-state index contributed by atoms with van der Waals surface area (Å²) in [6, 6.07) is 9.04. The van der Waals surface area contributed by atoms with E-state index in [-0.39, 0.29) is 12.5 Å². The van der Waals surface area contributed by atoms with E-state index in [1.807, 2.05) is 19.1 Å². The van der Waals surface area contributed by atoms with Crippen LogP contribution in [0.3, 0.4) is 0 Å². The van der Waals surface area contributed by atoms with Crippen molar-refractivity contribution in [1.29, 1.82) is 0 Å². The van der Waals surface area contributed by atoms with Crippen molar-refractivity contribution in [2.45, 2.75) is 26.2 Å². The van der Waals surface area contributed by atoms with Crippen LogP contribution in [0.2, 0.25) is 5.02 Å². The molecular weight excluding hydrogens is 328 g/mol. The van der Waals surface area contributed by atoms with Crippen LogP contribution < -0.4 is 10.2 Å². The maximum atomic E-state index is 11.7. The summed E-state index contributed by atoms with van der Waals surface area (Å²) < 4.78 is 11.1. The third-order valence-electron chi connectivity index (χ3n) is 4.00. The van der Waals surface area contributed by atoms with Crippen LogP contribution in [0, 0.1) is 12.8 Å². The molecule has 1 saturated carbocycles. The van der Waals surface area contributed by atoms with Crippen LogP contribution >= 0.6 is 11.6 Å². The number of furan rings is 1. The average Bonchev–Trinajstić information content (AvgIpc) is 3.09. The molecule has 1 N–H and O–H groups in total. The first kappa shape index (κ1) is 16.6. The lowest BCUT2D eigenvalue weighted by atomic mass is 10.2. The first-order valence-corrected chi connectivity index (χ1v) is 8.21. The Hall–Kier alpha value is -2.27. The molecule has 1 heterocycles. The third kappa shape index (κ3) is 4.17. The Balaban J connectivity index is 1.44. The molecule has 0 saturated heterocycles. The Morgan fingerprint density at radius 2 is 2.25 bits per heavy atom. The zero-order chi connectivity index (χ0) is 17.1. The van der Waals surface area contributed by atoms with Gasteiger partial charge in [-0.25, -0.2) is 5.43 Å². The molecule has 0 spiro atoms. The van der Waals surface area contributed by atoms with E-state index >= 15 is 0 Å². The smallest absolute Gasteiger partial charge is 0.277 e. The molecule has 1 fully saturated rings. The summed E-state index contributed by atoms with van der Waals surface area (Å²) in [5.74, 6) is 3.06. The number of halogens is 1. The van der Waals surface area contributed by atoms with E-state index in [0.717, 1.165) is 11.3 Å². The van der Waals surface area contributed by atoms with Gasteiger partial charge in [-0.15, -0.1) is 0 Å². The number of amides is 1. The summed E-state index contributed by atoms with van der Waals surface area (Å²) in [6.07, 6.45) is 2.66. The predicted octanol–water partition coefficient (Wildman–Crippen LogP) is 3.89. The molecule has 3 rings (SSSR count). The zero-order valence-electron chi connectivity index (χ0n) is 13.6. The van der Waals surface area contributed by atoms with Gasteiger partial charge in [-0.05, 0) is 55.2 Å². The van der Waals surface area contributed by atoms with Gasteiger partial charge in [-0.1, -0.05) is 18.5 Å². The van der Waals surface area contributed by atoms with Gasteiger partial charge in [0, 0.05) is 10.9 Å². The number of hydrogen-bond donors (Lipinski definition) is 1. The predicted molar refractivity (Wildman–Crippen MR) is 92.7 cm³/mol. The minimum Gasteiger partial charge on any atom is -0.484 e. The summed E-state index contributed by atoms with van der Waals surface area (Å²) >= 11 is 5.94. The average molecular weight is 347 g/mol. The second kappa shape index (κ2) is 7.09. The molecular formula is C18H19ClN2O3. The molecule has 0 radical (unpaired) electrons. The van der Waals surface area contributed by atoms with E-state index in [9.17, 15) is 4.79 Å². The van der Waals surface area contributed by atoms with Crippen LogP contribution in [0.25, 0.3) is 0 Å². The van der Waals surface area contributed by atoms with Crippen LogP contribution in [-0.4, -0.2) is 18.7 Å². The van der Waals surface area contributed by atoms with Crippen LogP contribution in [0.15, 0.2) is 39.9 Å². The lowest BCUT2D eigenvalue weighted by Crippen LogP contribution is -2.24. The maximum absolute atomic E-state index is 11.7. The molecule has 0 aliphatic heterocycles. The van der Waals surface area contributed by atoms with Crippen molar-refractivity contribution in [3.8, 4) is 5.75 Å². The van der Waals surface area contributed by atoms with Gasteiger partial charge in [0.1, 0.15) is 17.3 Å². The van der Waals surface area contributed by atoms with Crippen molar-refractivity contribution in [3.05, 3.63) is 52.4 Å². The van der Waals surface area contributed by atoms with Gasteiger partial charge in [0.25, 0.3) is 5.91 Å². The Labute approximate surface area is 145 Å². The van der Waals surface area contributed by atoms with E-state index in [2.05, 4.69) is 17.5 Å². The largest absolute Gasteiger partial charge is 0.484 e. The van der Waals surface area contributed by atoms with Crippen LogP contribution in [0.4, 0.5) is 0 Å². The van der Waals surface area contributed by atoms with Crippen molar-refractivity contribution in [2.75, 3.05) is 6.61 Å². The van der Waals surface area contributed by atoms with Crippen molar-refractivity contribution >= 4 is 23.7 Å². The van der Waals surface area contributed by atoms with E-state index in [1.54, 1.807) is 18.2 Å². The topological polar surface area (TPSA) is 63.8 Å². The molecule has 6 heteroatoms. The molecule has 1 amide bonds. The minimum atomic E-state index is -0.346. The lowest BCUT2D eigenvalue weighted by Gasteiger charge is -2.06. The van der Waals surface area contributed by atoms with Crippen molar-refractivity contribution in [1.82, 2.24) is 5.43 Å². The quantitative estimate of drug-likeness (QED) is 0.637. The van der Waals surface area contributed by atoms with Crippen molar-refractivity contribution in [3.63, 3.8) is 0 Å². The number of benzene rings is 1.